The summed E-state index contributed by atoms with van der Waals surface area (Å²) >= 11 is 0. The van der Waals surface area contributed by atoms with Crippen LogP contribution in [0.25, 0.3) is 11.3 Å². The predicted octanol–water partition coefficient (Wildman–Crippen LogP) is 5.11. The van der Waals surface area contributed by atoms with E-state index in [1.807, 2.05) is 13.8 Å². The fourth-order valence-electron chi connectivity index (χ4n) is 4.58. The maximum atomic E-state index is 14.8. The Balaban J connectivity index is 1.51. The smallest absolute Gasteiger partial charge is 0.178 e. The molecule has 2 aliphatic rings. The van der Waals surface area contributed by atoms with Gasteiger partial charge < -0.3 is 9.64 Å². The topological polar surface area (TPSA) is 38.2 Å². The van der Waals surface area contributed by atoms with E-state index in [-0.39, 0.29) is 17.5 Å². The van der Waals surface area contributed by atoms with Crippen LogP contribution in [-0.2, 0) is 19.3 Å². The number of rotatable bonds is 4. The largest absolute Gasteiger partial charge is 0.486 e. The SMILES string of the molecule is CC(C)N1CCOc2c(F)cc(-c3nc(Cc4ccc5c(c4)CCC5)ncc3F)cc21. The minimum Gasteiger partial charge on any atom is -0.486 e. The van der Waals surface area contributed by atoms with E-state index < -0.39 is 11.6 Å². The Morgan fingerprint density at radius 1 is 1.06 bits per heavy atom. The molecular weight excluding hydrogens is 396 g/mol. The molecule has 0 amide bonds. The monoisotopic (exact) mass is 421 g/mol. The lowest BCUT2D eigenvalue weighted by Crippen LogP contribution is -2.38. The predicted molar refractivity (Wildman–Crippen MR) is 117 cm³/mol. The summed E-state index contributed by atoms with van der Waals surface area (Å²) in [5.41, 5.74) is 5.03. The summed E-state index contributed by atoms with van der Waals surface area (Å²) in [5, 5.41) is 0. The Kier molecular flexibility index (Phi) is 5.08. The van der Waals surface area contributed by atoms with Gasteiger partial charge in [-0.05, 0) is 61.9 Å². The molecule has 3 aromatic rings. The second kappa shape index (κ2) is 7.91. The van der Waals surface area contributed by atoms with Gasteiger partial charge in [0.05, 0.1) is 18.4 Å². The van der Waals surface area contributed by atoms with Crippen LogP contribution in [-0.4, -0.2) is 29.2 Å². The van der Waals surface area contributed by atoms with Crippen molar-refractivity contribution in [2.75, 3.05) is 18.1 Å². The Bertz CT molecular complexity index is 1150. The molecule has 0 saturated carbocycles. The van der Waals surface area contributed by atoms with E-state index in [4.69, 9.17) is 4.74 Å². The standard InChI is InChI=1S/C25H25F2N3O/c1-15(2)30-8-9-31-25-20(26)12-19(13-22(25)30)24-21(27)14-28-23(29-24)11-16-6-7-17-4-3-5-18(17)10-16/h6-7,10,12-15H,3-5,8-9,11H2,1-2H3. The van der Waals surface area contributed by atoms with Gasteiger partial charge in [0.15, 0.2) is 17.4 Å². The zero-order valence-electron chi connectivity index (χ0n) is 17.8. The van der Waals surface area contributed by atoms with Gasteiger partial charge in [-0.1, -0.05) is 18.2 Å². The van der Waals surface area contributed by atoms with E-state index in [1.165, 1.54) is 29.8 Å². The Morgan fingerprint density at radius 2 is 1.90 bits per heavy atom. The van der Waals surface area contributed by atoms with E-state index in [9.17, 15) is 8.78 Å². The van der Waals surface area contributed by atoms with Gasteiger partial charge in [0.2, 0.25) is 0 Å². The number of hydrogen-bond acceptors (Lipinski definition) is 4. The number of hydrogen-bond donors (Lipinski definition) is 0. The normalized spacial score (nSPS) is 15.1. The molecule has 160 valence electrons. The summed E-state index contributed by atoms with van der Waals surface area (Å²) in [5.74, 6) is -0.332. The van der Waals surface area contributed by atoms with Gasteiger partial charge >= 0.3 is 0 Å². The molecule has 0 unspecified atom stereocenters. The lowest BCUT2D eigenvalue weighted by atomic mass is 10.0. The Labute approximate surface area is 180 Å². The highest BCUT2D eigenvalue weighted by Crippen LogP contribution is 2.39. The molecule has 0 fully saturated rings. The average Bonchev–Trinajstić information content (AvgIpc) is 3.22. The summed E-state index contributed by atoms with van der Waals surface area (Å²) < 4.78 is 35.1. The van der Waals surface area contributed by atoms with E-state index in [2.05, 4.69) is 33.1 Å². The highest BCUT2D eigenvalue weighted by atomic mass is 19.1. The van der Waals surface area contributed by atoms with Crippen molar-refractivity contribution >= 4 is 5.69 Å². The fourth-order valence-corrected chi connectivity index (χ4v) is 4.58. The maximum absolute atomic E-state index is 14.8. The number of nitrogens with zero attached hydrogens (tertiary/aromatic N) is 3. The van der Waals surface area contributed by atoms with Crippen LogP contribution in [0.2, 0.25) is 0 Å². The van der Waals surface area contributed by atoms with Crippen LogP contribution in [0.3, 0.4) is 0 Å². The summed E-state index contributed by atoms with van der Waals surface area (Å²) in [6, 6.07) is 9.69. The van der Waals surface area contributed by atoms with Crippen LogP contribution in [0.4, 0.5) is 14.5 Å². The second-order valence-electron chi connectivity index (χ2n) is 8.56. The lowest BCUT2D eigenvalue weighted by Gasteiger charge is -2.34. The van der Waals surface area contributed by atoms with Crippen molar-refractivity contribution in [3.8, 4) is 17.0 Å². The van der Waals surface area contributed by atoms with E-state index in [1.54, 1.807) is 6.07 Å². The Morgan fingerprint density at radius 3 is 2.74 bits per heavy atom. The number of aryl methyl sites for hydroxylation is 2. The van der Waals surface area contributed by atoms with Crippen LogP contribution in [0, 0.1) is 11.6 Å². The molecule has 1 aliphatic carbocycles. The number of halogens is 2. The van der Waals surface area contributed by atoms with Crippen molar-refractivity contribution in [1.29, 1.82) is 0 Å². The number of benzene rings is 2. The molecule has 31 heavy (non-hydrogen) atoms. The second-order valence-corrected chi connectivity index (χ2v) is 8.56. The van der Waals surface area contributed by atoms with Crippen LogP contribution in [0.5, 0.6) is 5.75 Å². The molecule has 1 aliphatic heterocycles. The molecule has 0 spiro atoms. The minimum absolute atomic E-state index is 0.113. The first-order valence-electron chi connectivity index (χ1n) is 10.8. The molecule has 2 aromatic carbocycles. The van der Waals surface area contributed by atoms with Crippen molar-refractivity contribution in [2.24, 2.45) is 0 Å². The van der Waals surface area contributed by atoms with Crippen molar-refractivity contribution in [1.82, 2.24) is 9.97 Å². The summed E-state index contributed by atoms with van der Waals surface area (Å²) in [4.78, 5) is 10.7. The zero-order chi connectivity index (χ0) is 21.5. The van der Waals surface area contributed by atoms with Gasteiger partial charge in [0.25, 0.3) is 0 Å². The third-order valence-electron chi connectivity index (χ3n) is 6.13. The van der Waals surface area contributed by atoms with E-state index in [0.29, 0.717) is 36.6 Å². The highest BCUT2D eigenvalue weighted by molar-refractivity contribution is 5.72. The number of fused-ring (bicyclic) bond motifs is 2. The number of ether oxygens (including phenoxy) is 1. The van der Waals surface area contributed by atoms with Crippen LogP contribution < -0.4 is 9.64 Å². The number of anilines is 1. The van der Waals surface area contributed by atoms with Gasteiger partial charge in [-0.15, -0.1) is 0 Å². The van der Waals surface area contributed by atoms with Crippen LogP contribution >= 0.6 is 0 Å². The summed E-state index contributed by atoms with van der Waals surface area (Å²) in [6.45, 7) is 5.16. The third-order valence-corrected chi connectivity index (χ3v) is 6.13. The minimum atomic E-state index is -0.565. The number of aromatic nitrogens is 2. The van der Waals surface area contributed by atoms with Crippen LogP contribution in [0.15, 0.2) is 36.5 Å². The molecule has 0 radical (unpaired) electrons. The first-order chi connectivity index (χ1) is 15.0. The fraction of sp³-hybridized carbons (Fsp3) is 0.360. The first-order valence-corrected chi connectivity index (χ1v) is 10.8. The molecule has 0 saturated heterocycles. The van der Waals surface area contributed by atoms with Gasteiger partial charge in [0.1, 0.15) is 18.1 Å². The van der Waals surface area contributed by atoms with E-state index >= 15 is 0 Å². The molecule has 1 aromatic heterocycles. The van der Waals surface area contributed by atoms with Crippen molar-refractivity contribution < 1.29 is 13.5 Å². The molecule has 0 N–H and O–H groups in total. The summed E-state index contributed by atoms with van der Waals surface area (Å²) in [6.07, 6.45) is 5.11. The molecule has 2 heterocycles. The molecule has 4 nitrogen and oxygen atoms in total. The van der Waals surface area contributed by atoms with Crippen molar-refractivity contribution in [3.05, 3.63) is 70.7 Å². The molecule has 6 heteroatoms. The first kappa shape index (κ1) is 19.9. The van der Waals surface area contributed by atoms with Gasteiger partial charge in [-0.25, -0.2) is 18.7 Å². The van der Waals surface area contributed by atoms with Crippen LogP contribution in [0.1, 0.15) is 42.8 Å². The van der Waals surface area contributed by atoms with Gasteiger partial charge in [-0.3, -0.25) is 0 Å². The van der Waals surface area contributed by atoms with Crippen molar-refractivity contribution in [3.63, 3.8) is 0 Å². The highest BCUT2D eigenvalue weighted by Gasteiger charge is 2.25. The molecule has 5 rings (SSSR count). The molecule has 0 atom stereocenters. The van der Waals surface area contributed by atoms with Gasteiger partial charge in [-0.2, -0.15) is 0 Å². The van der Waals surface area contributed by atoms with Gasteiger partial charge in [0, 0.05) is 18.0 Å². The zero-order valence-corrected chi connectivity index (χ0v) is 17.8. The van der Waals surface area contributed by atoms with E-state index in [0.717, 1.165) is 18.4 Å². The Hall–Kier alpha value is -3.02. The summed E-state index contributed by atoms with van der Waals surface area (Å²) in [7, 11) is 0. The van der Waals surface area contributed by atoms with Crippen molar-refractivity contribution in [2.45, 2.75) is 45.6 Å². The third kappa shape index (κ3) is 3.75. The maximum Gasteiger partial charge on any atom is 0.178 e. The lowest BCUT2D eigenvalue weighted by molar-refractivity contribution is 0.287. The molecule has 0 bridgehead atoms. The average molecular weight is 421 g/mol. The quantitative estimate of drug-likeness (QED) is 0.587. The molecular formula is C25H25F2N3O.